The number of benzene rings is 4. The van der Waals surface area contributed by atoms with E-state index < -0.39 is 0 Å². The smallest absolute Gasteiger partial charge is 0.182 e. The van der Waals surface area contributed by atoms with Crippen LogP contribution in [0.25, 0.3) is 44.7 Å². The predicted octanol–water partition coefficient (Wildman–Crippen LogP) is 6.72. The molecule has 0 aliphatic carbocycles. The van der Waals surface area contributed by atoms with Gasteiger partial charge in [-0.05, 0) is 46.2 Å². The van der Waals surface area contributed by atoms with E-state index in [4.69, 9.17) is 4.98 Å². The molecule has 0 atom stereocenters. The maximum atomic E-state index is 4.78. The number of aromatic nitrogens is 3. The molecule has 0 fully saturated rings. The Hall–Kier alpha value is -3.24. The van der Waals surface area contributed by atoms with Crippen molar-refractivity contribution in [3.63, 3.8) is 0 Å². The topological polar surface area (TPSA) is 41.6 Å². The molecular weight excluding hydrogens is 410 g/mol. The SMILES string of the molecule is Brc1cccc(-c2cc(-c3n[nH]c(-c4ccccc4)n3)c3ccccc3c2)c1. The fourth-order valence-corrected chi connectivity index (χ4v) is 3.84. The van der Waals surface area contributed by atoms with Gasteiger partial charge in [-0.15, -0.1) is 0 Å². The van der Waals surface area contributed by atoms with E-state index >= 15 is 0 Å². The number of halogens is 1. The number of rotatable bonds is 3. The van der Waals surface area contributed by atoms with Gasteiger partial charge in [0.1, 0.15) is 0 Å². The molecule has 4 aromatic carbocycles. The van der Waals surface area contributed by atoms with Crippen molar-refractivity contribution < 1.29 is 0 Å². The first-order chi connectivity index (χ1) is 13.8. The Labute approximate surface area is 171 Å². The van der Waals surface area contributed by atoms with E-state index in [1.165, 1.54) is 5.39 Å². The molecule has 5 rings (SSSR count). The van der Waals surface area contributed by atoms with Crippen molar-refractivity contribution in [2.24, 2.45) is 0 Å². The highest BCUT2D eigenvalue weighted by Crippen LogP contribution is 2.34. The van der Waals surface area contributed by atoms with Gasteiger partial charge in [0.2, 0.25) is 0 Å². The summed E-state index contributed by atoms with van der Waals surface area (Å²) in [5.41, 5.74) is 4.33. The van der Waals surface area contributed by atoms with Crippen molar-refractivity contribution in [1.82, 2.24) is 15.2 Å². The van der Waals surface area contributed by atoms with Gasteiger partial charge in [0.25, 0.3) is 0 Å². The van der Waals surface area contributed by atoms with Crippen LogP contribution in [0.2, 0.25) is 0 Å². The molecule has 3 nitrogen and oxygen atoms in total. The normalized spacial score (nSPS) is 11.0. The summed E-state index contributed by atoms with van der Waals surface area (Å²) in [5, 5.41) is 9.91. The largest absolute Gasteiger partial charge is 0.259 e. The molecule has 0 aliphatic rings. The average Bonchev–Trinajstić information content (AvgIpc) is 3.24. The standard InChI is InChI=1S/C24H16BrN3/c25-20-11-6-10-17(14-20)19-13-18-9-4-5-12-21(18)22(15-19)24-26-23(27-28-24)16-7-2-1-3-8-16/h1-15H,(H,26,27,28). The van der Waals surface area contributed by atoms with E-state index in [0.717, 1.165) is 37.9 Å². The Bertz CT molecular complexity index is 1280. The van der Waals surface area contributed by atoms with E-state index in [-0.39, 0.29) is 0 Å². The first-order valence-corrected chi connectivity index (χ1v) is 9.84. The highest BCUT2D eigenvalue weighted by atomic mass is 79.9. The minimum absolute atomic E-state index is 0.701. The quantitative estimate of drug-likeness (QED) is 0.348. The molecule has 0 saturated carbocycles. The molecule has 4 heteroatoms. The van der Waals surface area contributed by atoms with E-state index in [1.54, 1.807) is 0 Å². The van der Waals surface area contributed by atoms with Crippen LogP contribution in [0.5, 0.6) is 0 Å². The van der Waals surface area contributed by atoms with Crippen molar-refractivity contribution in [2.45, 2.75) is 0 Å². The Kier molecular flexibility index (Phi) is 4.26. The van der Waals surface area contributed by atoms with Crippen LogP contribution in [0.15, 0.2) is 95.5 Å². The van der Waals surface area contributed by atoms with E-state index in [1.807, 2.05) is 36.4 Å². The lowest BCUT2D eigenvalue weighted by atomic mass is 9.96. The molecule has 0 bridgehead atoms. The first-order valence-electron chi connectivity index (χ1n) is 9.05. The summed E-state index contributed by atoms with van der Waals surface area (Å²) in [6, 6.07) is 31.1. The van der Waals surface area contributed by atoms with Crippen LogP contribution in [0.4, 0.5) is 0 Å². The molecule has 0 amide bonds. The summed E-state index contributed by atoms with van der Waals surface area (Å²) >= 11 is 3.57. The van der Waals surface area contributed by atoms with E-state index in [0.29, 0.717) is 5.82 Å². The Morgan fingerprint density at radius 1 is 0.679 bits per heavy atom. The summed E-state index contributed by atoms with van der Waals surface area (Å²) in [7, 11) is 0. The highest BCUT2D eigenvalue weighted by Gasteiger charge is 2.13. The number of hydrogen-bond acceptors (Lipinski definition) is 2. The molecule has 0 aliphatic heterocycles. The molecule has 0 radical (unpaired) electrons. The van der Waals surface area contributed by atoms with Crippen molar-refractivity contribution in [3.05, 3.63) is 95.5 Å². The number of nitrogens with one attached hydrogen (secondary N) is 1. The van der Waals surface area contributed by atoms with Gasteiger partial charge in [-0.3, -0.25) is 5.10 Å². The van der Waals surface area contributed by atoms with Crippen LogP contribution in [-0.2, 0) is 0 Å². The monoisotopic (exact) mass is 425 g/mol. The van der Waals surface area contributed by atoms with Gasteiger partial charge in [0.05, 0.1) is 0 Å². The zero-order chi connectivity index (χ0) is 18.9. The second kappa shape index (κ2) is 7.06. The minimum Gasteiger partial charge on any atom is -0.259 e. The van der Waals surface area contributed by atoms with E-state index in [2.05, 4.69) is 80.7 Å². The molecule has 5 aromatic rings. The Balaban J connectivity index is 1.70. The zero-order valence-corrected chi connectivity index (χ0v) is 16.5. The van der Waals surface area contributed by atoms with Crippen molar-refractivity contribution in [3.8, 4) is 33.9 Å². The van der Waals surface area contributed by atoms with E-state index in [9.17, 15) is 0 Å². The third kappa shape index (κ3) is 3.12. The average molecular weight is 426 g/mol. The number of H-pyrrole nitrogens is 1. The Morgan fingerprint density at radius 2 is 1.46 bits per heavy atom. The lowest BCUT2D eigenvalue weighted by molar-refractivity contribution is 1.10. The van der Waals surface area contributed by atoms with Gasteiger partial charge in [-0.1, -0.05) is 82.7 Å². The summed E-state index contributed by atoms with van der Waals surface area (Å²) in [6.07, 6.45) is 0. The zero-order valence-electron chi connectivity index (χ0n) is 14.9. The fraction of sp³-hybridized carbons (Fsp3) is 0. The number of aromatic amines is 1. The van der Waals surface area contributed by atoms with Crippen LogP contribution in [0, 0.1) is 0 Å². The summed E-state index contributed by atoms with van der Waals surface area (Å²) in [6.45, 7) is 0. The van der Waals surface area contributed by atoms with Crippen LogP contribution in [0.1, 0.15) is 0 Å². The molecule has 1 N–H and O–H groups in total. The van der Waals surface area contributed by atoms with Gasteiger partial charge < -0.3 is 0 Å². The third-order valence-electron chi connectivity index (χ3n) is 4.79. The maximum absolute atomic E-state index is 4.78. The summed E-state index contributed by atoms with van der Waals surface area (Å²) < 4.78 is 1.06. The number of hydrogen-bond donors (Lipinski definition) is 1. The highest BCUT2D eigenvalue weighted by molar-refractivity contribution is 9.10. The van der Waals surface area contributed by atoms with Crippen LogP contribution >= 0.6 is 15.9 Å². The van der Waals surface area contributed by atoms with Gasteiger partial charge in [-0.2, -0.15) is 5.10 Å². The fourth-order valence-electron chi connectivity index (χ4n) is 3.44. The second-order valence-corrected chi connectivity index (χ2v) is 7.54. The minimum atomic E-state index is 0.701. The summed E-state index contributed by atoms with van der Waals surface area (Å²) in [4.78, 5) is 4.78. The van der Waals surface area contributed by atoms with Gasteiger partial charge >= 0.3 is 0 Å². The molecule has 0 spiro atoms. The molecule has 1 heterocycles. The van der Waals surface area contributed by atoms with Gasteiger partial charge in [0, 0.05) is 15.6 Å². The number of fused-ring (bicyclic) bond motifs is 1. The van der Waals surface area contributed by atoms with Crippen molar-refractivity contribution in [2.75, 3.05) is 0 Å². The molecule has 134 valence electrons. The maximum Gasteiger partial charge on any atom is 0.182 e. The Morgan fingerprint density at radius 3 is 2.32 bits per heavy atom. The van der Waals surface area contributed by atoms with Crippen LogP contribution in [0.3, 0.4) is 0 Å². The summed E-state index contributed by atoms with van der Waals surface area (Å²) in [5.74, 6) is 1.47. The van der Waals surface area contributed by atoms with Crippen molar-refractivity contribution >= 4 is 26.7 Å². The molecule has 0 saturated heterocycles. The molecular formula is C24H16BrN3. The lowest BCUT2D eigenvalue weighted by Crippen LogP contribution is -1.87. The predicted molar refractivity (Wildman–Crippen MR) is 118 cm³/mol. The third-order valence-corrected chi connectivity index (χ3v) is 5.29. The number of nitrogens with zero attached hydrogens (tertiary/aromatic N) is 2. The van der Waals surface area contributed by atoms with Gasteiger partial charge in [0.15, 0.2) is 11.6 Å². The van der Waals surface area contributed by atoms with Crippen LogP contribution in [-0.4, -0.2) is 15.2 Å². The van der Waals surface area contributed by atoms with Crippen molar-refractivity contribution in [1.29, 1.82) is 0 Å². The molecule has 28 heavy (non-hydrogen) atoms. The molecule has 1 aromatic heterocycles. The molecule has 0 unspecified atom stereocenters. The van der Waals surface area contributed by atoms with Gasteiger partial charge in [-0.25, -0.2) is 4.98 Å². The van der Waals surface area contributed by atoms with Crippen LogP contribution < -0.4 is 0 Å². The first kappa shape index (κ1) is 16.9. The second-order valence-electron chi connectivity index (χ2n) is 6.63. The lowest BCUT2D eigenvalue weighted by Gasteiger charge is -2.09.